The van der Waals surface area contributed by atoms with E-state index in [1.807, 2.05) is 24.3 Å². The molecule has 0 aromatic heterocycles. The molecule has 0 N–H and O–H groups in total. The van der Waals surface area contributed by atoms with Crippen LogP contribution in [0.5, 0.6) is 11.5 Å². The summed E-state index contributed by atoms with van der Waals surface area (Å²) in [6, 6.07) is 8.31. The van der Waals surface area contributed by atoms with E-state index in [9.17, 15) is 0 Å². The van der Waals surface area contributed by atoms with Crippen LogP contribution in [0, 0.1) is 0 Å². The molecule has 3 rings (SSSR count). The summed E-state index contributed by atoms with van der Waals surface area (Å²) in [5.41, 5.74) is 0. The van der Waals surface area contributed by atoms with Crippen LogP contribution in [0.2, 0.25) is 0 Å². The van der Waals surface area contributed by atoms with Gasteiger partial charge < -0.3 is 14.4 Å². The molecule has 19 heavy (non-hydrogen) atoms. The summed E-state index contributed by atoms with van der Waals surface area (Å²) in [6.45, 7) is 7.37. The van der Waals surface area contributed by atoms with Crippen LogP contribution in [0.3, 0.4) is 0 Å². The number of rotatable bonds is 2. The van der Waals surface area contributed by atoms with Crippen LogP contribution in [-0.2, 0) is 0 Å². The van der Waals surface area contributed by atoms with Crippen LogP contribution < -0.4 is 9.47 Å². The molecule has 4 nitrogen and oxygen atoms in total. The van der Waals surface area contributed by atoms with E-state index < -0.39 is 0 Å². The number of benzene rings is 1. The van der Waals surface area contributed by atoms with Gasteiger partial charge in [0.05, 0.1) is 0 Å². The molecule has 0 saturated carbocycles. The van der Waals surface area contributed by atoms with Gasteiger partial charge >= 0.3 is 0 Å². The second-order valence-electron chi connectivity index (χ2n) is 5.49. The van der Waals surface area contributed by atoms with Crippen LogP contribution >= 0.6 is 0 Å². The number of nitrogens with zero attached hydrogens (tertiary/aromatic N) is 2. The molecule has 0 bridgehead atoms. The van der Waals surface area contributed by atoms with Gasteiger partial charge in [-0.2, -0.15) is 0 Å². The van der Waals surface area contributed by atoms with Crippen molar-refractivity contribution in [1.29, 1.82) is 0 Å². The number of likely N-dealkylation sites (N-methyl/N-ethyl adjacent to an activating group) is 1. The Morgan fingerprint density at radius 3 is 2.53 bits per heavy atom. The Hall–Kier alpha value is -1.26. The highest BCUT2D eigenvalue weighted by Gasteiger charge is 2.31. The van der Waals surface area contributed by atoms with Crippen LogP contribution in [0.4, 0.5) is 0 Å². The minimum absolute atomic E-state index is 0.123. The Morgan fingerprint density at radius 1 is 1.11 bits per heavy atom. The van der Waals surface area contributed by atoms with E-state index in [1.165, 1.54) is 0 Å². The van der Waals surface area contributed by atoms with E-state index >= 15 is 0 Å². The average Bonchev–Trinajstić information content (AvgIpc) is 2.47. The van der Waals surface area contributed by atoms with E-state index in [0.717, 1.165) is 37.7 Å². The number of hydrogen-bond acceptors (Lipinski definition) is 4. The van der Waals surface area contributed by atoms with E-state index in [0.29, 0.717) is 12.6 Å². The van der Waals surface area contributed by atoms with E-state index in [1.54, 1.807) is 0 Å². The average molecular weight is 262 g/mol. The van der Waals surface area contributed by atoms with Gasteiger partial charge in [0.1, 0.15) is 12.7 Å². The zero-order chi connectivity index (χ0) is 13.2. The molecule has 4 heteroatoms. The molecule has 2 heterocycles. The van der Waals surface area contributed by atoms with Crippen molar-refractivity contribution in [1.82, 2.24) is 9.80 Å². The second-order valence-corrected chi connectivity index (χ2v) is 5.49. The first-order valence-electron chi connectivity index (χ1n) is 7.05. The molecule has 104 valence electrons. The van der Waals surface area contributed by atoms with Crippen molar-refractivity contribution in [3.63, 3.8) is 0 Å². The number of hydrogen-bond donors (Lipinski definition) is 0. The quantitative estimate of drug-likeness (QED) is 0.805. The molecule has 0 radical (unpaired) electrons. The number of piperazine rings is 1. The topological polar surface area (TPSA) is 24.9 Å². The Morgan fingerprint density at radius 2 is 1.79 bits per heavy atom. The van der Waals surface area contributed by atoms with Gasteiger partial charge in [0.25, 0.3) is 0 Å². The van der Waals surface area contributed by atoms with Crippen LogP contribution in [0.15, 0.2) is 24.3 Å². The third-order valence-electron chi connectivity index (χ3n) is 4.18. The van der Waals surface area contributed by atoms with Crippen LogP contribution in [0.1, 0.15) is 6.92 Å². The molecule has 1 aromatic rings. The van der Waals surface area contributed by atoms with Crippen molar-refractivity contribution < 1.29 is 9.47 Å². The second kappa shape index (κ2) is 5.39. The minimum atomic E-state index is 0.123. The summed E-state index contributed by atoms with van der Waals surface area (Å²) < 4.78 is 11.9. The zero-order valence-electron chi connectivity index (χ0n) is 11.7. The fourth-order valence-electron chi connectivity index (χ4n) is 2.74. The van der Waals surface area contributed by atoms with Gasteiger partial charge in [-0.3, -0.25) is 4.90 Å². The normalized spacial score (nSPS) is 26.1. The first kappa shape index (κ1) is 12.8. The van der Waals surface area contributed by atoms with E-state index in [-0.39, 0.29) is 6.10 Å². The number of ether oxygens (including phenoxy) is 2. The molecule has 1 saturated heterocycles. The van der Waals surface area contributed by atoms with Crippen molar-refractivity contribution in [2.24, 2.45) is 0 Å². The van der Waals surface area contributed by atoms with Gasteiger partial charge in [-0.1, -0.05) is 12.1 Å². The van der Waals surface area contributed by atoms with Gasteiger partial charge in [0.15, 0.2) is 11.5 Å². The van der Waals surface area contributed by atoms with Gasteiger partial charge in [-0.25, -0.2) is 0 Å². The lowest BCUT2D eigenvalue weighted by Gasteiger charge is -2.40. The third-order valence-corrected chi connectivity index (χ3v) is 4.18. The lowest BCUT2D eigenvalue weighted by atomic mass is 10.1. The molecule has 2 aliphatic rings. The van der Waals surface area contributed by atoms with Crippen molar-refractivity contribution >= 4 is 0 Å². The molecule has 1 aromatic carbocycles. The van der Waals surface area contributed by atoms with Gasteiger partial charge in [0.2, 0.25) is 0 Å². The first-order chi connectivity index (χ1) is 9.24. The fourth-order valence-corrected chi connectivity index (χ4v) is 2.74. The summed E-state index contributed by atoms with van der Waals surface area (Å²) in [4.78, 5) is 4.87. The third kappa shape index (κ3) is 2.69. The zero-order valence-corrected chi connectivity index (χ0v) is 11.7. The predicted molar refractivity (Wildman–Crippen MR) is 74.9 cm³/mol. The Bertz CT molecular complexity index is 430. The van der Waals surface area contributed by atoms with Crippen molar-refractivity contribution in [3.05, 3.63) is 24.3 Å². The maximum Gasteiger partial charge on any atom is 0.161 e. The summed E-state index contributed by atoms with van der Waals surface area (Å²) in [5.74, 6) is 1.74. The molecule has 0 unspecified atom stereocenters. The van der Waals surface area contributed by atoms with E-state index in [2.05, 4.69) is 23.8 Å². The molecule has 2 atom stereocenters. The van der Waals surface area contributed by atoms with Gasteiger partial charge in [-0.05, 0) is 26.1 Å². The summed E-state index contributed by atoms with van der Waals surface area (Å²) in [7, 11) is 2.18. The predicted octanol–water partition coefficient (Wildman–Crippen LogP) is 1.46. The molecule has 0 amide bonds. The highest BCUT2D eigenvalue weighted by Crippen LogP contribution is 2.32. The van der Waals surface area contributed by atoms with Crippen LogP contribution in [0.25, 0.3) is 0 Å². The number of para-hydroxylation sites is 2. The standard InChI is InChI=1S/C15H22N2O2/c1-12(17-9-7-16(2)8-10-17)15-11-18-13-5-3-4-6-14(13)19-15/h3-6,12,15H,7-11H2,1-2H3/t12-,15+/m1/s1. The highest BCUT2D eigenvalue weighted by atomic mass is 16.6. The molecular formula is C15H22N2O2. The van der Waals surface area contributed by atoms with Crippen molar-refractivity contribution in [2.75, 3.05) is 39.8 Å². The Labute approximate surface area is 114 Å². The van der Waals surface area contributed by atoms with Gasteiger partial charge in [0, 0.05) is 32.2 Å². The summed E-state index contributed by atoms with van der Waals surface area (Å²) in [5, 5.41) is 0. The summed E-state index contributed by atoms with van der Waals surface area (Å²) in [6.07, 6.45) is 0.123. The largest absolute Gasteiger partial charge is 0.486 e. The van der Waals surface area contributed by atoms with E-state index in [4.69, 9.17) is 9.47 Å². The van der Waals surface area contributed by atoms with Gasteiger partial charge in [-0.15, -0.1) is 0 Å². The fraction of sp³-hybridized carbons (Fsp3) is 0.600. The molecule has 1 fully saturated rings. The first-order valence-corrected chi connectivity index (χ1v) is 7.05. The van der Waals surface area contributed by atoms with Crippen molar-refractivity contribution in [2.45, 2.75) is 19.1 Å². The number of fused-ring (bicyclic) bond motifs is 1. The lowest BCUT2D eigenvalue weighted by molar-refractivity contribution is 0.00507. The maximum atomic E-state index is 6.09. The molecular weight excluding hydrogens is 240 g/mol. The maximum absolute atomic E-state index is 6.09. The van der Waals surface area contributed by atoms with Crippen LogP contribution in [-0.4, -0.2) is 61.8 Å². The lowest BCUT2D eigenvalue weighted by Crippen LogP contribution is -2.54. The minimum Gasteiger partial charge on any atom is -0.486 e. The highest BCUT2D eigenvalue weighted by molar-refractivity contribution is 5.40. The smallest absolute Gasteiger partial charge is 0.161 e. The summed E-state index contributed by atoms with van der Waals surface area (Å²) >= 11 is 0. The molecule has 0 aliphatic carbocycles. The molecule has 0 spiro atoms. The Balaban J connectivity index is 1.64. The Kier molecular flexibility index (Phi) is 3.62. The molecule has 2 aliphatic heterocycles. The van der Waals surface area contributed by atoms with Crippen molar-refractivity contribution in [3.8, 4) is 11.5 Å². The monoisotopic (exact) mass is 262 g/mol. The SMILES string of the molecule is C[C@H]([C@@H]1COc2ccccc2O1)N1CCN(C)CC1.